The molecule has 1 aromatic heterocycles. The van der Waals surface area contributed by atoms with Gasteiger partial charge in [-0.2, -0.15) is 0 Å². The van der Waals surface area contributed by atoms with Crippen LogP contribution in [0.1, 0.15) is 20.9 Å². The van der Waals surface area contributed by atoms with Gasteiger partial charge in [-0.1, -0.05) is 39.3 Å². The highest BCUT2D eigenvalue weighted by atomic mass is 79.9. The molecule has 0 spiro atoms. The van der Waals surface area contributed by atoms with Crippen molar-refractivity contribution in [3.63, 3.8) is 0 Å². The lowest BCUT2D eigenvalue weighted by Crippen LogP contribution is -2.11. The average Bonchev–Trinajstić information content (AvgIpc) is 2.49. The maximum absolute atomic E-state index is 13.4. The first-order valence-electron chi connectivity index (χ1n) is 5.73. The van der Waals surface area contributed by atoms with Crippen molar-refractivity contribution in [2.24, 2.45) is 0 Å². The lowest BCUT2D eigenvalue weighted by Gasteiger charge is -2.11. The van der Waals surface area contributed by atoms with Gasteiger partial charge in [0.15, 0.2) is 10.9 Å². The maximum atomic E-state index is 13.4. The Bertz CT molecular complexity index is 701. The van der Waals surface area contributed by atoms with E-state index in [1.165, 1.54) is 11.8 Å². The Labute approximate surface area is 138 Å². The minimum Gasteiger partial charge on any atom is -0.397 e. The molecule has 0 amide bonds. The fourth-order valence-corrected chi connectivity index (χ4v) is 2.72. The van der Waals surface area contributed by atoms with Crippen LogP contribution >= 0.6 is 39.3 Å². The molecule has 0 aliphatic rings. The highest BCUT2D eigenvalue weighted by molar-refractivity contribution is 9.09. The van der Waals surface area contributed by atoms with Crippen molar-refractivity contribution >= 4 is 50.8 Å². The molecule has 0 bridgehead atoms. The first kappa shape index (κ1) is 16.2. The summed E-state index contributed by atoms with van der Waals surface area (Å²) in [5, 5.41) is 0.569. The molecule has 110 valence electrons. The number of nitrogen functional groups attached to an aromatic ring is 1. The molecular formula is C13H10BrClFN3OS. The molecular weight excluding hydrogens is 381 g/mol. The molecule has 1 atom stereocenters. The number of nitrogens with two attached hydrogens (primary N) is 1. The van der Waals surface area contributed by atoms with E-state index in [2.05, 4.69) is 25.9 Å². The summed E-state index contributed by atoms with van der Waals surface area (Å²) < 4.78 is 13.4. The van der Waals surface area contributed by atoms with Gasteiger partial charge >= 0.3 is 0 Å². The predicted molar refractivity (Wildman–Crippen MR) is 85.6 cm³/mol. The lowest BCUT2D eigenvalue weighted by molar-refractivity contribution is 0.0990. The van der Waals surface area contributed by atoms with Gasteiger partial charge in [0.2, 0.25) is 0 Å². The monoisotopic (exact) mass is 389 g/mol. The quantitative estimate of drug-likeness (QED) is 0.282. The average molecular weight is 391 g/mol. The Kier molecular flexibility index (Phi) is 5.18. The number of aromatic nitrogens is 2. The molecule has 2 rings (SSSR count). The highest BCUT2D eigenvalue weighted by Gasteiger charge is 2.24. The third kappa shape index (κ3) is 3.53. The number of halogens is 3. The molecule has 0 aliphatic carbocycles. The SMILES string of the molecule is CSc1nccc(C(Br)C(=O)c2cc(F)cc(N)c2Cl)n1. The van der Waals surface area contributed by atoms with E-state index < -0.39 is 16.4 Å². The summed E-state index contributed by atoms with van der Waals surface area (Å²) in [7, 11) is 0. The van der Waals surface area contributed by atoms with E-state index in [9.17, 15) is 9.18 Å². The number of hydrogen-bond donors (Lipinski definition) is 1. The summed E-state index contributed by atoms with van der Waals surface area (Å²) in [5.41, 5.74) is 6.08. The molecule has 4 nitrogen and oxygen atoms in total. The van der Waals surface area contributed by atoms with Crippen molar-refractivity contribution in [1.29, 1.82) is 0 Å². The van der Waals surface area contributed by atoms with Crippen LogP contribution in [0.25, 0.3) is 0 Å². The van der Waals surface area contributed by atoms with Gasteiger partial charge in [-0.15, -0.1) is 0 Å². The van der Waals surface area contributed by atoms with Crippen LogP contribution in [0.4, 0.5) is 10.1 Å². The van der Waals surface area contributed by atoms with Gasteiger partial charge in [0, 0.05) is 11.8 Å². The second-order valence-corrected chi connectivity index (χ2v) is 6.12. The summed E-state index contributed by atoms with van der Waals surface area (Å²) >= 11 is 10.6. The fourth-order valence-electron chi connectivity index (χ4n) is 1.65. The summed E-state index contributed by atoms with van der Waals surface area (Å²) in [5.74, 6) is -1.04. The first-order valence-corrected chi connectivity index (χ1v) is 8.25. The van der Waals surface area contributed by atoms with Crippen LogP contribution < -0.4 is 5.73 Å². The Morgan fingerprint density at radius 3 is 2.90 bits per heavy atom. The minimum atomic E-state index is -0.759. The molecule has 0 fully saturated rings. The van der Waals surface area contributed by atoms with Gasteiger partial charge in [-0.25, -0.2) is 14.4 Å². The zero-order valence-corrected chi connectivity index (χ0v) is 14.0. The number of carbonyl (C=O) groups excluding carboxylic acids is 1. The molecule has 0 radical (unpaired) electrons. The zero-order valence-electron chi connectivity index (χ0n) is 10.8. The van der Waals surface area contributed by atoms with Crippen molar-refractivity contribution in [1.82, 2.24) is 9.97 Å². The molecule has 0 aliphatic heterocycles. The number of nitrogens with zero attached hydrogens (tertiary/aromatic N) is 2. The van der Waals surface area contributed by atoms with Crippen LogP contribution in [0.3, 0.4) is 0 Å². The van der Waals surface area contributed by atoms with E-state index >= 15 is 0 Å². The van der Waals surface area contributed by atoms with Crippen LogP contribution in [0.15, 0.2) is 29.6 Å². The number of ketones is 1. The smallest absolute Gasteiger partial charge is 0.187 e. The van der Waals surface area contributed by atoms with Crippen molar-refractivity contribution in [3.8, 4) is 0 Å². The number of carbonyl (C=O) groups is 1. The van der Waals surface area contributed by atoms with E-state index in [1.54, 1.807) is 12.3 Å². The van der Waals surface area contributed by atoms with Gasteiger partial charge < -0.3 is 5.73 Å². The third-order valence-corrected chi connectivity index (χ3v) is 4.53. The van der Waals surface area contributed by atoms with E-state index in [0.29, 0.717) is 10.9 Å². The Hall–Kier alpha value is -1.18. The maximum Gasteiger partial charge on any atom is 0.187 e. The lowest BCUT2D eigenvalue weighted by atomic mass is 10.1. The molecule has 8 heteroatoms. The van der Waals surface area contributed by atoms with Gasteiger partial charge in [-0.3, -0.25) is 4.79 Å². The Morgan fingerprint density at radius 1 is 1.52 bits per heavy atom. The molecule has 0 saturated carbocycles. The van der Waals surface area contributed by atoms with Crippen LogP contribution in [0, 0.1) is 5.82 Å². The number of alkyl halides is 1. The van der Waals surface area contributed by atoms with Crippen LogP contribution in [-0.4, -0.2) is 22.0 Å². The van der Waals surface area contributed by atoms with Crippen LogP contribution in [0.5, 0.6) is 0 Å². The number of hydrogen-bond acceptors (Lipinski definition) is 5. The second kappa shape index (κ2) is 6.72. The molecule has 21 heavy (non-hydrogen) atoms. The standard InChI is InChI=1S/C13H10BrClFN3OS/c1-21-13-18-3-2-9(19-13)10(14)12(20)7-4-6(16)5-8(17)11(7)15/h2-5,10H,17H2,1H3. The summed E-state index contributed by atoms with van der Waals surface area (Å²) in [6, 6.07) is 3.73. The number of anilines is 1. The minimum absolute atomic E-state index is 0.0142. The van der Waals surface area contributed by atoms with Crippen LogP contribution in [0.2, 0.25) is 5.02 Å². The summed E-state index contributed by atoms with van der Waals surface area (Å²) in [4.78, 5) is 20.0. The molecule has 1 aromatic carbocycles. The molecule has 2 N–H and O–H groups in total. The van der Waals surface area contributed by atoms with E-state index in [4.69, 9.17) is 17.3 Å². The van der Waals surface area contributed by atoms with Crippen molar-refractivity contribution < 1.29 is 9.18 Å². The topological polar surface area (TPSA) is 68.9 Å². The fraction of sp³-hybridized carbons (Fsp3) is 0.154. The summed E-state index contributed by atoms with van der Waals surface area (Å²) in [6.45, 7) is 0. The number of benzene rings is 1. The Balaban J connectivity index is 2.39. The largest absolute Gasteiger partial charge is 0.397 e. The number of thioether (sulfide) groups is 1. The molecule has 1 unspecified atom stereocenters. The van der Waals surface area contributed by atoms with Gasteiger partial charge in [0.1, 0.15) is 10.6 Å². The van der Waals surface area contributed by atoms with Crippen molar-refractivity contribution in [2.45, 2.75) is 9.98 Å². The van der Waals surface area contributed by atoms with Crippen molar-refractivity contribution in [2.75, 3.05) is 12.0 Å². The van der Waals surface area contributed by atoms with E-state index in [0.717, 1.165) is 12.1 Å². The number of Topliss-reactive ketones (excluding diaryl/α,β-unsaturated/α-hetero) is 1. The third-order valence-electron chi connectivity index (χ3n) is 2.66. The zero-order chi connectivity index (χ0) is 15.6. The van der Waals surface area contributed by atoms with E-state index in [-0.39, 0.29) is 16.3 Å². The van der Waals surface area contributed by atoms with Crippen LogP contribution in [-0.2, 0) is 0 Å². The normalized spacial score (nSPS) is 12.2. The van der Waals surface area contributed by atoms with Gasteiger partial charge in [-0.05, 0) is 24.5 Å². The molecule has 1 heterocycles. The molecule has 0 saturated heterocycles. The van der Waals surface area contributed by atoms with Crippen molar-refractivity contribution in [3.05, 3.63) is 46.5 Å². The van der Waals surface area contributed by atoms with E-state index in [1.807, 2.05) is 6.26 Å². The van der Waals surface area contributed by atoms with Gasteiger partial charge in [0.05, 0.1) is 16.4 Å². The summed E-state index contributed by atoms with van der Waals surface area (Å²) in [6.07, 6.45) is 3.38. The first-order chi connectivity index (χ1) is 9.93. The highest BCUT2D eigenvalue weighted by Crippen LogP contribution is 2.32. The second-order valence-electron chi connectivity index (χ2n) is 4.05. The van der Waals surface area contributed by atoms with Gasteiger partial charge in [0.25, 0.3) is 0 Å². The molecule has 2 aromatic rings. The number of rotatable bonds is 4. The predicted octanol–water partition coefficient (Wildman–Crippen LogP) is 3.89. The Morgan fingerprint density at radius 2 is 2.24 bits per heavy atom.